The van der Waals surface area contributed by atoms with Gasteiger partial charge in [0, 0.05) is 37.0 Å². The maximum Gasteiger partial charge on any atom is 0.240 e. The van der Waals surface area contributed by atoms with Gasteiger partial charge >= 0.3 is 0 Å². The van der Waals surface area contributed by atoms with Gasteiger partial charge in [0.15, 0.2) is 11.5 Å². The Balaban J connectivity index is 1.74. The predicted octanol–water partition coefficient (Wildman–Crippen LogP) is 3.62. The Bertz CT molecular complexity index is 1290. The van der Waals surface area contributed by atoms with E-state index < -0.39 is 0 Å². The topological polar surface area (TPSA) is 98.6 Å². The highest BCUT2D eigenvalue weighted by Crippen LogP contribution is 2.48. The minimum absolute atomic E-state index is 0.103. The number of aryl methyl sites for hydroxylation is 1. The maximum atomic E-state index is 13.4. The molecule has 1 N–H and O–H groups in total. The van der Waals surface area contributed by atoms with Crippen LogP contribution in [0.15, 0.2) is 42.7 Å². The van der Waals surface area contributed by atoms with Crippen molar-refractivity contribution in [3.05, 3.63) is 65.1 Å². The first kappa shape index (κ1) is 26.5. The van der Waals surface area contributed by atoms with Gasteiger partial charge in [-0.05, 0) is 29.3 Å². The van der Waals surface area contributed by atoms with Crippen LogP contribution in [0.4, 0.5) is 5.82 Å². The van der Waals surface area contributed by atoms with Gasteiger partial charge in [-0.15, -0.1) is 11.8 Å². The average molecular weight is 524 g/mol. The van der Waals surface area contributed by atoms with Crippen LogP contribution in [0.1, 0.15) is 48.4 Å². The van der Waals surface area contributed by atoms with E-state index in [1.165, 1.54) is 11.8 Å². The van der Waals surface area contributed by atoms with Gasteiger partial charge in [-0.25, -0.2) is 0 Å². The van der Waals surface area contributed by atoms with Gasteiger partial charge in [0.05, 0.1) is 30.9 Å². The maximum absolute atomic E-state index is 13.4. The van der Waals surface area contributed by atoms with E-state index in [0.717, 1.165) is 22.4 Å². The number of nitrogens with zero attached hydrogens (tertiary/aromatic N) is 4. The van der Waals surface area contributed by atoms with Crippen molar-refractivity contribution in [1.29, 1.82) is 0 Å². The minimum Gasteiger partial charge on any atom is -0.493 e. The predicted molar refractivity (Wildman–Crippen MR) is 144 cm³/mol. The minimum atomic E-state index is -0.289. The number of ether oxygens (including phenoxy) is 2. The highest BCUT2D eigenvalue weighted by molar-refractivity contribution is 8.00. The molecule has 2 amide bonds. The molecule has 1 aromatic carbocycles. The molecule has 0 spiro atoms. The van der Waals surface area contributed by atoms with Gasteiger partial charge in [-0.2, -0.15) is 5.10 Å². The van der Waals surface area contributed by atoms with Crippen LogP contribution in [-0.2, 0) is 28.6 Å². The molecule has 196 valence electrons. The molecular weight excluding hydrogens is 490 g/mol. The van der Waals surface area contributed by atoms with Gasteiger partial charge in [0.2, 0.25) is 11.8 Å². The summed E-state index contributed by atoms with van der Waals surface area (Å²) in [6, 6.07) is 9.52. The molecule has 9 nitrogen and oxygen atoms in total. The molecule has 0 bridgehead atoms. The summed E-state index contributed by atoms with van der Waals surface area (Å²) in [5.41, 5.74) is 3.38. The molecular formula is C27H33N5O4S. The van der Waals surface area contributed by atoms with Gasteiger partial charge in [0.1, 0.15) is 12.4 Å². The van der Waals surface area contributed by atoms with Crippen LogP contribution in [0.25, 0.3) is 0 Å². The van der Waals surface area contributed by atoms with Crippen LogP contribution >= 0.6 is 11.8 Å². The summed E-state index contributed by atoms with van der Waals surface area (Å²) in [4.78, 5) is 32.1. The van der Waals surface area contributed by atoms with Crippen molar-refractivity contribution >= 4 is 29.4 Å². The second-order valence-corrected chi connectivity index (χ2v) is 11.0. The first-order valence-electron chi connectivity index (χ1n) is 12.0. The molecule has 0 saturated heterocycles. The van der Waals surface area contributed by atoms with E-state index in [9.17, 15) is 9.59 Å². The Hall–Kier alpha value is -3.53. The zero-order chi connectivity index (χ0) is 26.7. The summed E-state index contributed by atoms with van der Waals surface area (Å²) >= 11 is 1.52. The van der Waals surface area contributed by atoms with E-state index in [1.807, 2.05) is 37.4 Å². The van der Waals surface area contributed by atoms with Crippen molar-refractivity contribution in [2.45, 2.75) is 38.0 Å². The van der Waals surface area contributed by atoms with Crippen LogP contribution in [-0.4, -0.2) is 53.1 Å². The van der Waals surface area contributed by atoms with Crippen molar-refractivity contribution in [2.24, 2.45) is 7.05 Å². The van der Waals surface area contributed by atoms with E-state index in [4.69, 9.17) is 14.6 Å². The summed E-state index contributed by atoms with van der Waals surface area (Å²) in [5, 5.41) is 7.57. The third-order valence-electron chi connectivity index (χ3n) is 6.18. The lowest BCUT2D eigenvalue weighted by Crippen LogP contribution is -2.42. The fraction of sp³-hybridized carbons (Fsp3) is 0.407. The van der Waals surface area contributed by atoms with E-state index in [-0.39, 0.29) is 34.8 Å². The smallest absolute Gasteiger partial charge is 0.240 e. The summed E-state index contributed by atoms with van der Waals surface area (Å²) in [5.74, 6) is 1.70. The number of anilines is 1. The van der Waals surface area contributed by atoms with Crippen LogP contribution in [0.5, 0.6) is 11.5 Å². The van der Waals surface area contributed by atoms with E-state index in [2.05, 4.69) is 31.1 Å². The number of benzene rings is 1. The lowest BCUT2D eigenvalue weighted by Gasteiger charge is -2.24. The molecule has 0 saturated carbocycles. The molecule has 0 fully saturated rings. The number of hydrogen-bond acceptors (Lipinski definition) is 7. The zero-order valence-corrected chi connectivity index (χ0v) is 22.9. The molecule has 1 atom stereocenters. The Morgan fingerprint density at radius 1 is 1.19 bits per heavy atom. The first-order valence-corrected chi connectivity index (χ1v) is 13.1. The number of rotatable bonds is 7. The van der Waals surface area contributed by atoms with Crippen LogP contribution in [0.2, 0.25) is 0 Å². The van der Waals surface area contributed by atoms with Crippen molar-refractivity contribution in [2.75, 3.05) is 31.4 Å². The SMILES string of the molecule is COc1ccc([C@H]2SCC(=O)N(CC(=O)NCc3cccnc3)c3c2c(C(C)(C)C)nn3C)cc1OC. The van der Waals surface area contributed by atoms with Crippen molar-refractivity contribution in [3.8, 4) is 11.5 Å². The van der Waals surface area contributed by atoms with Gasteiger partial charge in [-0.1, -0.05) is 32.9 Å². The number of hydrogen-bond donors (Lipinski definition) is 1. The number of pyridine rings is 1. The van der Waals surface area contributed by atoms with Gasteiger partial charge in [-0.3, -0.25) is 24.2 Å². The second-order valence-electron chi connectivity index (χ2n) is 9.88. The molecule has 10 heteroatoms. The molecule has 0 radical (unpaired) electrons. The highest BCUT2D eigenvalue weighted by atomic mass is 32.2. The average Bonchev–Trinajstić information content (AvgIpc) is 3.16. The van der Waals surface area contributed by atoms with Crippen molar-refractivity contribution in [3.63, 3.8) is 0 Å². The summed E-state index contributed by atoms with van der Waals surface area (Å²) < 4.78 is 12.7. The standard InChI is InChI=1S/C27H33N5O4S/c1-27(2,3)25-23-24(18-9-10-19(35-5)20(12-18)36-6)37-16-22(34)32(26(23)31(4)30-25)15-21(33)29-14-17-8-7-11-28-13-17/h7-13,24H,14-16H2,1-6H3,(H,29,33)/t24-/m1/s1. The molecule has 3 heterocycles. The molecule has 1 aliphatic rings. The summed E-state index contributed by atoms with van der Waals surface area (Å²) in [7, 11) is 5.03. The number of thioether (sulfide) groups is 1. The molecule has 0 aliphatic carbocycles. The molecule has 2 aromatic heterocycles. The summed E-state index contributed by atoms with van der Waals surface area (Å²) in [6.45, 7) is 6.54. The molecule has 4 rings (SSSR count). The lowest BCUT2D eigenvalue weighted by atomic mass is 9.87. The van der Waals surface area contributed by atoms with Crippen molar-refractivity contribution < 1.29 is 19.1 Å². The second kappa shape index (κ2) is 10.8. The van der Waals surface area contributed by atoms with E-state index >= 15 is 0 Å². The Morgan fingerprint density at radius 3 is 2.59 bits per heavy atom. The number of amides is 2. The highest BCUT2D eigenvalue weighted by Gasteiger charge is 2.39. The normalized spacial score (nSPS) is 15.7. The van der Waals surface area contributed by atoms with Gasteiger partial charge in [0.25, 0.3) is 0 Å². The Kier molecular flexibility index (Phi) is 7.77. The number of aromatic nitrogens is 3. The third kappa shape index (κ3) is 5.58. The number of carbonyl (C=O) groups is 2. The fourth-order valence-corrected chi connectivity index (χ4v) is 5.61. The van der Waals surface area contributed by atoms with Crippen LogP contribution < -0.4 is 19.7 Å². The van der Waals surface area contributed by atoms with Crippen molar-refractivity contribution in [1.82, 2.24) is 20.1 Å². The number of fused-ring (bicyclic) bond motifs is 1. The quantitative estimate of drug-likeness (QED) is 0.505. The number of carbonyl (C=O) groups excluding carboxylic acids is 2. The summed E-state index contributed by atoms with van der Waals surface area (Å²) in [6.07, 6.45) is 3.39. The Labute approximate surface area is 221 Å². The molecule has 37 heavy (non-hydrogen) atoms. The Morgan fingerprint density at radius 2 is 1.95 bits per heavy atom. The van der Waals surface area contributed by atoms with Crippen LogP contribution in [0, 0.1) is 0 Å². The van der Waals surface area contributed by atoms with E-state index in [0.29, 0.717) is 23.9 Å². The lowest BCUT2D eigenvalue weighted by molar-refractivity contribution is -0.123. The monoisotopic (exact) mass is 523 g/mol. The number of nitrogens with one attached hydrogen (secondary N) is 1. The third-order valence-corrected chi connectivity index (χ3v) is 7.43. The van der Waals surface area contributed by atoms with E-state index in [1.54, 1.807) is 36.2 Å². The molecule has 1 aliphatic heterocycles. The largest absolute Gasteiger partial charge is 0.493 e. The first-order chi connectivity index (χ1) is 17.6. The zero-order valence-electron chi connectivity index (χ0n) is 22.1. The van der Waals surface area contributed by atoms with Gasteiger partial charge < -0.3 is 14.8 Å². The fourth-order valence-electron chi connectivity index (χ4n) is 4.43. The number of methoxy groups -OCH3 is 2. The molecule has 0 unspecified atom stereocenters. The van der Waals surface area contributed by atoms with Crippen LogP contribution in [0.3, 0.4) is 0 Å². The molecule has 3 aromatic rings.